The monoisotopic (exact) mass is 615 g/mol. The number of nitrogens with zero attached hydrogens (tertiary/aromatic N) is 2. The Morgan fingerprint density at radius 3 is 2.16 bits per heavy atom. The van der Waals surface area contributed by atoms with Crippen LogP contribution in [0.1, 0.15) is 24.3 Å². The molecule has 0 radical (unpaired) electrons. The number of amides is 4. The number of anilines is 3. The van der Waals surface area contributed by atoms with Crippen LogP contribution in [0.25, 0.3) is 0 Å². The van der Waals surface area contributed by atoms with Gasteiger partial charge in [0.25, 0.3) is 11.8 Å². The molecular weight excluding hydrogens is 589 g/mol. The number of alkyl halides is 2. The molecule has 3 fully saturated rings. The van der Waals surface area contributed by atoms with Crippen molar-refractivity contribution in [2.75, 3.05) is 17.3 Å². The second kappa shape index (κ2) is 9.69. The van der Waals surface area contributed by atoms with Crippen LogP contribution in [0.4, 0.5) is 17.1 Å². The van der Waals surface area contributed by atoms with Crippen LogP contribution in [-0.2, 0) is 19.2 Å². The Hall–Kier alpha value is -4.14. The molecule has 0 bridgehead atoms. The highest BCUT2D eigenvalue weighted by Crippen LogP contribution is 2.66. The second-order valence-electron chi connectivity index (χ2n) is 11.6. The van der Waals surface area contributed by atoms with E-state index in [1.807, 2.05) is 36.4 Å². The summed E-state index contributed by atoms with van der Waals surface area (Å²) in [4.78, 5) is 53.4. The molecule has 0 unspecified atom stereocenters. The predicted octanol–water partition coefficient (Wildman–Crippen LogP) is 5.33. The van der Waals surface area contributed by atoms with Gasteiger partial charge in [0, 0.05) is 29.9 Å². The summed E-state index contributed by atoms with van der Waals surface area (Å²) in [5.41, 5.74) is 3.11. The lowest BCUT2D eigenvalue weighted by molar-refractivity contribution is -0.138. The molecule has 0 aromatic heterocycles. The van der Waals surface area contributed by atoms with Crippen LogP contribution >= 0.6 is 23.2 Å². The van der Waals surface area contributed by atoms with E-state index in [2.05, 4.69) is 5.32 Å². The van der Waals surface area contributed by atoms with Crippen molar-refractivity contribution < 1.29 is 24.3 Å². The predicted molar refractivity (Wildman–Crippen MR) is 162 cm³/mol. The molecule has 2 aliphatic carbocycles. The van der Waals surface area contributed by atoms with E-state index in [4.69, 9.17) is 23.2 Å². The normalized spacial score (nSPS) is 31.5. The molecule has 3 aromatic rings. The van der Waals surface area contributed by atoms with Gasteiger partial charge in [-0.1, -0.05) is 48.0 Å². The highest BCUT2D eigenvalue weighted by Gasteiger charge is 2.76. The van der Waals surface area contributed by atoms with Crippen molar-refractivity contribution in [2.24, 2.45) is 17.8 Å². The van der Waals surface area contributed by atoms with Crippen molar-refractivity contribution in [3.05, 3.63) is 96.1 Å². The van der Waals surface area contributed by atoms with E-state index in [9.17, 15) is 24.3 Å². The standard InChI is InChI=1S/C33H27Cl2N3O5/c1-37-30(42)32(34)17-24-21(27(33(32,35)31(37)43)22-9-5-6-10-25(22)39)15-16-23-26(24)29(41)38(28(23)40)20-13-11-19(12-14-20)36-18-7-3-2-4-8-18/h2-15,23-24,26-27,36,39H,16-17H2,1H3/t23-,24+,26-,27+,32+,33-/m0/s1. The zero-order valence-corrected chi connectivity index (χ0v) is 24.5. The number of hydrogen-bond donors (Lipinski definition) is 2. The molecule has 43 heavy (non-hydrogen) atoms. The molecule has 7 rings (SSSR count). The lowest BCUT2D eigenvalue weighted by Crippen LogP contribution is -2.60. The van der Waals surface area contributed by atoms with Gasteiger partial charge in [0.05, 0.1) is 17.5 Å². The highest BCUT2D eigenvalue weighted by atomic mass is 35.5. The summed E-state index contributed by atoms with van der Waals surface area (Å²) < 4.78 is 0. The molecule has 2 N–H and O–H groups in total. The smallest absolute Gasteiger partial charge is 0.253 e. The minimum absolute atomic E-state index is 0.100. The van der Waals surface area contributed by atoms with Crippen molar-refractivity contribution in [3.63, 3.8) is 0 Å². The molecule has 2 saturated heterocycles. The number of rotatable bonds is 4. The van der Waals surface area contributed by atoms with E-state index in [0.717, 1.165) is 16.3 Å². The first kappa shape index (κ1) is 27.7. The van der Waals surface area contributed by atoms with Gasteiger partial charge in [-0.2, -0.15) is 0 Å². The number of aromatic hydroxyl groups is 1. The van der Waals surface area contributed by atoms with E-state index < -0.39 is 51.1 Å². The zero-order chi connectivity index (χ0) is 30.3. The molecule has 218 valence electrons. The van der Waals surface area contributed by atoms with E-state index in [1.54, 1.807) is 42.5 Å². The van der Waals surface area contributed by atoms with Crippen LogP contribution in [0.15, 0.2) is 90.5 Å². The first-order valence-electron chi connectivity index (χ1n) is 14.1. The van der Waals surface area contributed by atoms with Gasteiger partial charge in [-0.15, -0.1) is 23.2 Å². The fourth-order valence-electron chi connectivity index (χ4n) is 7.46. The average Bonchev–Trinajstić information content (AvgIpc) is 3.33. The largest absolute Gasteiger partial charge is 0.508 e. The molecule has 6 atom stereocenters. The number of imide groups is 2. The number of carbonyl (C=O) groups is 4. The van der Waals surface area contributed by atoms with Crippen molar-refractivity contribution in [1.82, 2.24) is 4.90 Å². The third-order valence-electron chi connectivity index (χ3n) is 9.45. The highest BCUT2D eigenvalue weighted by molar-refractivity contribution is 6.53. The maximum absolute atomic E-state index is 14.2. The van der Waals surface area contributed by atoms with Crippen LogP contribution in [0, 0.1) is 17.8 Å². The average molecular weight is 617 g/mol. The van der Waals surface area contributed by atoms with Crippen molar-refractivity contribution in [2.45, 2.75) is 28.5 Å². The van der Waals surface area contributed by atoms with E-state index in [1.165, 1.54) is 18.0 Å². The maximum Gasteiger partial charge on any atom is 0.253 e. The molecule has 1 saturated carbocycles. The number of phenols is 1. The summed E-state index contributed by atoms with van der Waals surface area (Å²) in [6.45, 7) is 0. The molecule has 4 aliphatic rings. The molecule has 2 heterocycles. The molecule has 0 spiro atoms. The number of likely N-dealkylation sites (tertiary alicyclic amines) is 1. The first-order chi connectivity index (χ1) is 20.6. The summed E-state index contributed by atoms with van der Waals surface area (Å²) in [5.74, 6) is -5.27. The molecule has 3 aromatic carbocycles. The minimum atomic E-state index is -1.93. The van der Waals surface area contributed by atoms with Crippen LogP contribution < -0.4 is 10.2 Å². The Morgan fingerprint density at radius 2 is 1.47 bits per heavy atom. The lowest BCUT2D eigenvalue weighted by Gasteiger charge is -2.50. The minimum Gasteiger partial charge on any atom is -0.508 e. The number of carbonyl (C=O) groups excluding carboxylic acids is 4. The molecule has 2 aliphatic heterocycles. The van der Waals surface area contributed by atoms with Gasteiger partial charge in [-0.05, 0) is 61.2 Å². The van der Waals surface area contributed by atoms with Crippen molar-refractivity contribution in [1.29, 1.82) is 0 Å². The van der Waals surface area contributed by atoms with E-state index in [-0.39, 0.29) is 24.5 Å². The van der Waals surface area contributed by atoms with Gasteiger partial charge in [0.1, 0.15) is 5.75 Å². The number of allylic oxidation sites excluding steroid dienone is 2. The number of fused-ring (bicyclic) bond motifs is 4. The Bertz CT molecular complexity index is 1730. The number of phenolic OH excluding ortho intramolecular Hbond substituents is 1. The fourth-order valence-corrected chi connectivity index (χ4v) is 8.47. The van der Waals surface area contributed by atoms with Gasteiger partial charge < -0.3 is 10.4 Å². The molecule has 8 nitrogen and oxygen atoms in total. The van der Waals surface area contributed by atoms with Gasteiger partial charge in [-0.25, -0.2) is 0 Å². The second-order valence-corrected chi connectivity index (χ2v) is 12.8. The zero-order valence-electron chi connectivity index (χ0n) is 23.0. The van der Waals surface area contributed by atoms with Crippen molar-refractivity contribution >= 4 is 63.9 Å². The van der Waals surface area contributed by atoms with Gasteiger partial charge in [-0.3, -0.25) is 29.0 Å². The lowest BCUT2D eigenvalue weighted by atomic mass is 9.56. The van der Waals surface area contributed by atoms with Gasteiger partial charge >= 0.3 is 0 Å². The number of halogens is 2. The van der Waals surface area contributed by atoms with Crippen LogP contribution in [0.5, 0.6) is 5.75 Å². The first-order valence-corrected chi connectivity index (χ1v) is 14.8. The van der Waals surface area contributed by atoms with E-state index in [0.29, 0.717) is 16.8 Å². The summed E-state index contributed by atoms with van der Waals surface area (Å²) in [6.07, 6.45) is 1.99. The number of para-hydroxylation sites is 2. The molecule has 4 amide bonds. The Balaban J connectivity index is 1.27. The third-order valence-corrected chi connectivity index (χ3v) is 10.9. The topological polar surface area (TPSA) is 107 Å². The van der Waals surface area contributed by atoms with E-state index >= 15 is 0 Å². The number of benzene rings is 3. The summed E-state index contributed by atoms with van der Waals surface area (Å²) in [6, 6.07) is 23.2. The number of hydrogen-bond acceptors (Lipinski definition) is 6. The van der Waals surface area contributed by atoms with Gasteiger partial charge in [0.2, 0.25) is 11.8 Å². The van der Waals surface area contributed by atoms with Crippen molar-refractivity contribution in [3.8, 4) is 5.75 Å². The SMILES string of the molecule is CN1C(=O)[C@]2(Cl)C[C@@H]3C(=CC[C@@H]4C(=O)N(c5ccc(Nc6ccccc6)cc5)C(=O)[C@@H]43)[C@H](c3ccccc3O)[C@]2(Cl)C1=O. The maximum atomic E-state index is 14.2. The quantitative estimate of drug-likeness (QED) is 0.233. The van der Waals surface area contributed by atoms with Crippen LogP contribution in [-0.4, -0.2) is 50.4 Å². The Kier molecular flexibility index (Phi) is 6.24. The van der Waals surface area contributed by atoms with Crippen LogP contribution in [0.2, 0.25) is 0 Å². The summed E-state index contributed by atoms with van der Waals surface area (Å²) in [5, 5.41) is 14.2. The Morgan fingerprint density at radius 1 is 0.814 bits per heavy atom. The molecular formula is C33H27Cl2N3O5. The van der Waals surface area contributed by atoms with Gasteiger partial charge in [0.15, 0.2) is 9.75 Å². The fraction of sp³-hybridized carbons (Fsp3) is 0.273. The summed E-state index contributed by atoms with van der Waals surface area (Å²) in [7, 11) is 1.34. The summed E-state index contributed by atoms with van der Waals surface area (Å²) >= 11 is 14.3. The molecule has 10 heteroatoms. The van der Waals surface area contributed by atoms with Crippen LogP contribution in [0.3, 0.4) is 0 Å². The third kappa shape index (κ3) is 3.76. The Labute approximate surface area is 257 Å². The number of nitrogens with one attached hydrogen (secondary N) is 1.